The van der Waals surface area contributed by atoms with E-state index in [4.69, 9.17) is 0 Å². The van der Waals surface area contributed by atoms with Crippen LogP contribution < -0.4 is 0 Å². The summed E-state index contributed by atoms with van der Waals surface area (Å²) in [7, 11) is 0. The lowest BCUT2D eigenvalue weighted by molar-refractivity contribution is 0.431. The molecule has 1 heteroatoms. The quantitative estimate of drug-likeness (QED) is 0.426. The van der Waals surface area contributed by atoms with Crippen LogP contribution in [0, 0.1) is 17.8 Å². The van der Waals surface area contributed by atoms with Gasteiger partial charge in [0.25, 0.3) is 0 Å². The van der Waals surface area contributed by atoms with Crippen LogP contribution in [0.4, 0.5) is 0 Å². The van der Waals surface area contributed by atoms with Gasteiger partial charge in [0.15, 0.2) is 0 Å². The minimum atomic E-state index is 0.974. The zero-order valence-corrected chi connectivity index (χ0v) is 13.1. The Morgan fingerprint density at radius 3 is 1.95 bits per heavy atom. The summed E-state index contributed by atoms with van der Waals surface area (Å²) < 4.78 is 0. The van der Waals surface area contributed by atoms with E-state index in [0.29, 0.717) is 0 Å². The third-order valence-electron chi connectivity index (χ3n) is 7.30. The first-order valence-corrected chi connectivity index (χ1v) is 9.58. The fourth-order valence-electron chi connectivity index (χ4n) is 6.26. The fraction of sp³-hybridized carbons (Fsp3) is 0.895. The maximum atomic E-state index is 2.55. The van der Waals surface area contributed by atoms with Gasteiger partial charge in [0, 0.05) is 0 Å². The summed E-state index contributed by atoms with van der Waals surface area (Å²) in [4.78, 5) is 0. The highest BCUT2D eigenvalue weighted by Crippen LogP contribution is 2.49. The Labute approximate surface area is 125 Å². The molecule has 0 aromatic heterocycles. The molecule has 0 nitrogen and oxygen atoms in total. The molecule has 0 aromatic rings. The lowest BCUT2D eigenvalue weighted by Crippen LogP contribution is -2.25. The van der Waals surface area contributed by atoms with Crippen LogP contribution in [0.15, 0.2) is 12.2 Å². The first-order valence-electron chi connectivity index (χ1n) is 9.58. The first kappa shape index (κ1) is 13.5. The molecule has 0 aliphatic heterocycles. The number of allylic oxidation sites excluding steroid dienone is 2. The summed E-state index contributed by atoms with van der Waals surface area (Å²) >= 11 is 0. The van der Waals surface area contributed by atoms with Crippen molar-refractivity contribution in [3.63, 3.8) is 0 Å². The molecule has 0 amide bonds. The van der Waals surface area contributed by atoms with E-state index in [1.807, 2.05) is 0 Å². The van der Waals surface area contributed by atoms with Crippen LogP contribution >= 0.6 is 0 Å². The lowest BCUT2D eigenvalue weighted by Gasteiger charge is -2.28. The molecule has 3 fully saturated rings. The fourth-order valence-corrected chi connectivity index (χ4v) is 6.26. The Morgan fingerprint density at radius 2 is 1.45 bits per heavy atom. The maximum absolute atomic E-state index is 2.55. The zero-order chi connectivity index (χ0) is 13.4. The molecule has 0 spiro atoms. The molecule has 0 saturated heterocycles. The maximum Gasteiger partial charge on any atom is 0.146 e. The Balaban J connectivity index is 1.36. The second-order valence-electron chi connectivity index (χ2n) is 8.37. The third-order valence-corrected chi connectivity index (χ3v) is 7.30. The highest BCUT2D eigenvalue weighted by Gasteiger charge is 2.39. The van der Waals surface area contributed by atoms with Crippen molar-refractivity contribution in [2.24, 2.45) is 17.8 Å². The van der Waals surface area contributed by atoms with E-state index in [1.165, 1.54) is 38.5 Å². The van der Waals surface area contributed by atoms with Gasteiger partial charge in [-0.1, -0.05) is 87.9 Å². The molecule has 4 aliphatic rings. The topological polar surface area (TPSA) is 0 Å². The van der Waals surface area contributed by atoms with Crippen molar-refractivity contribution >= 4 is 6.71 Å². The molecule has 0 aromatic carbocycles. The second kappa shape index (κ2) is 5.89. The highest BCUT2D eigenvalue weighted by molar-refractivity contribution is 6.62. The molecule has 4 aliphatic carbocycles. The van der Waals surface area contributed by atoms with Crippen molar-refractivity contribution in [3.05, 3.63) is 12.2 Å². The van der Waals surface area contributed by atoms with Gasteiger partial charge in [-0.2, -0.15) is 0 Å². The van der Waals surface area contributed by atoms with E-state index in [1.54, 1.807) is 38.4 Å². The van der Waals surface area contributed by atoms with E-state index >= 15 is 0 Å². The van der Waals surface area contributed by atoms with Gasteiger partial charge in [0.2, 0.25) is 0 Å². The van der Waals surface area contributed by atoms with Gasteiger partial charge in [-0.25, -0.2) is 0 Å². The van der Waals surface area contributed by atoms with E-state index < -0.39 is 0 Å². The predicted octanol–water partition coefficient (Wildman–Crippen LogP) is 5.97. The van der Waals surface area contributed by atoms with Gasteiger partial charge in [-0.3, -0.25) is 0 Å². The van der Waals surface area contributed by atoms with Gasteiger partial charge < -0.3 is 0 Å². The number of hydrogen-bond donors (Lipinski definition) is 0. The summed E-state index contributed by atoms with van der Waals surface area (Å²) in [5.74, 6) is 5.25. The summed E-state index contributed by atoms with van der Waals surface area (Å²) in [5, 5.41) is 0. The average Bonchev–Trinajstić information content (AvgIpc) is 3.25. The van der Waals surface area contributed by atoms with Gasteiger partial charge in [-0.15, -0.1) is 0 Å². The largest absolute Gasteiger partial charge is 0.146 e. The van der Waals surface area contributed by atoms with Crippen molar-refractivity contribution in [2.75, 3.05) is 0 Å². The van der Waals surface area contributed by atoms with Gasteiger partial charge in [-0.05, 0) is 30.6 Å². The number of hydrogen-bond acceptors (Lipinski definition) is 0. The van der Waals surface area contributed by atoms with Crippen LogP contribution in [0.5, 0.6) is 0 Å². The normalized spacial score (nSPS) is 37.3. The van der Waals surface area contributed by atoms with Crippen molar-refractivity contribution in [1.82, 2.24) is 0 Å². The summed E-state index contributed by atoms with van der Waals surface area (Å²) in [6.45, 7) is 1.11. The summed E-state index contributed by atoms with van der Waals surface area (Å²) in [6, 6.07) is 0. The molecule has 3 saturated carbocycles. The molecule has 0 unspecified atom stereocenters. The number of rotatable bonds is 5. The molecular formula is C19H31B. The molecular weight excluding hydrogens is 239 g/mol. The van der Waals surface area contributed by atoms with Crippen LogP contribution in [0.3, 0.4) is 0 Å². The molecule has 110 valence electrons. The minimum absolute atomic E-state index is 0.974. The number of fused-ring (bicyclic) bond motifs is 2. The Bertz CT molecular complexity index is 333. The Kier molecular flexibility index (Phi) is 3.97. The summed E-state index contributed by atoms with van der Waals surface area (Å²) in [5.41, 5.74) is 0. The molecule has 3 atom stereocenters. The van der Waals surface area contributed by atoms with E-state index in [2.05, 4.69) is 12.2 Å². The van der Waals surface area contributed by atoms with Gasteiger partial charge in [0.05, 0.1) is 0 Å². The molecule has 2 bridgehead atoms. The second-order valence-corrected chi connectivity index (χ2v) is 8.37. The lowest BCUT2D eigenvalue weighted by atomic mass is 9.31. The molecule has 4 rings (SSSR count). The van der Waals surface area contributed by atoms with Crippen LogP contribution in [0.1, 0.15) is 70.6 Å². The van der Waals surface area contributed by atoms with Crippen molar-refractivity contribution in [2.45, 2.75) is 88.6 Å². The molecule has 0 N–H and O–H groups in total. The predicted molar refractivity (Wildman–Crippen MR) is 88.5 cm³/mol. The van der Waals surface area contributed by atoms with E-state index in [9.17, 15) is 0 Å². The van der Waals surface area contributed by atoms with Gasteiger partial charge in [0.1, 0.15) is 6.71 Å². The van der Waals surface area contributed by atoms with Crippen molar-refractivity contribution in [3.8, 4) is 0 Å². The monoisotopic (exact) mass is 270 g/mol. The highest BCUT2D eigenvalue weighted by atomic mass is 14.4. The SMILES string of the molecule is C1=C[C@H]2C[C@@H]1C[C@@H]2CCB(C1CCCC1)C1CCCC1. The average molecular weight is 270 g/mol. The minimum Gasteiger partial charge on any atom is -0.0851 e. The van der Waals surface area contributed by atoms with E-state index in [0.717, 1.165) is 36.1 Å². The summed E-state index contributed by atoms with van der Waals surface area (Å²) in [6.07, 6.45) is 23.6. The van der Waals surface area contributed by atoms with Crippen LogP contribution in [-0.4, -0.2) is 6.71 Å². The van der Waals surface area contributed by atoms with Crippen LogP contribution in [0.2, 0.25) is 18.0 Å². The molecule has 20 heavy (non-hydrogen) atoms. The first-order chi connectivity index (χ1) is 9.90. The third kappa shape index (κ3) is 2.62. The van der Waals surface area contributed by atoms with Crippen LogP contribution in [0.25, 0.3) is 0 Å². The molecule has 0 radical (unpaired) electrons. The Hall–Kier alpha value is -0.195. The molecule has 0 heterocycles. The van der Waals surface area contributed by atoms with Crippen molar-refractivity contribution in [1.29, 1.82) is 0 Å². The Morgan fingerprint density at radius 1 is 0.800 bits per heavy atom. The zero-order valence-electron chi connectivity index (χ0n) is 13.1. The smallest absolute Gasteiger partial charge is 0.0851 e. The van der Waals surface area contributed by atoms with E-state index in [-0.39, 0.29) is 0 Å². The van der Waals surface area contributed by atoms with Gasteiger partial charge >= 0.3 is 0 Å². The standard InChI is InChI=1S/C19H31B/c1-2-6-18(5-1)20(19-7-3-4-8-19)12-11-17-14-15-9-10-16(17)13-15/h9-10,15-19H,1-8,11-14H2/t15-,16+,17+/m1/s1. The van der Waals surface area contributed by atoms with Crippen LogP contribution in [-0.2, 0) is 0 Å². The van der Waals surface area contributed by atoms with Crippen molar-refractivity contribution < 1.29 is 0 Å².